The summed E-state index contributed by atoms with van der Waals surface area (Å²) in [6.45, 7) is 13.8. The standard InChI is InChI=1S/C17H28/c1-7-8-16(13(2)3)14-9-11-15(12-10-14)17(4,5)6/h9-13,16H,7-8H2,1-6H3. The third kappa shape index (κ3) is 3.87. The molecule has 1 unspecified atom stereocenters. The molecule has 0 spiro atoms. The van der Waals surface area contributed by atoms with E-state index in [-0.39, 0.29) is 5.41 Å². The van der Waals surface area contributed by atoms with Crippen molar-refractivity contribution in [2.75, 3.05) is 0 Å². The Balaban J connectivity index is 2.92. The van der Waals surface area contributed by atoms with Crippen LogP contribution in [-0.2, 0) is 5.41 Å². The van der Waals surface area contributed by atoms with Crippen molar-refractivity contribution in [2.24, 2.45) is 5.92 Å². The molecule has 0 fully saturated rings. The highest BCUT2D eigenvalue weighted by atomic mass is 14.2. The van der Waals surface area contributed by atoms with Crippen LogP contribution in [0.4, 0.5) is 0 Å². The lowest BCUT2D eigenvalue weighted by molar-refractivity contribution is 0.463. The maximum Gasteiger partial charge on any atom is -0.0132 e. The first-order valence-corrected chi connectivity index (χ1v) is 6.96. The fourth-order valence-electron chi connectivity index (χ4n) is 2.43. The van der Waals surface area contributed by atoms with Gasteiger partial charge in [0.05, 0.1) is 0 Å². The van der Waals surface area contributed by atoms with Gasteiger partial charge in [-0.1, -0.05) is 72.2 Å². The summed E-state index contributed by atoms with van der Waals surface area (Å²) in [5.41, 5.74) is 3.20. The average molecular weight is 232 g/mol. The molecule has 0 saturated carbocycles. The Bertz CT molecular complexity index is 324. The van der Waals surface area contributed by atoms with Gasteiger partial charge in [0, 0.05) is 0 Å². The molecular weight excluding hydrogens is 204 g/mol. The van der Waals surface area contributed by atoms with Crippen molar-refractivity contribution in [3.05, 3.63) is 35.4 Å². The van der Waals surface area contributed by atoms with Gasteiger partial charge in [-0.2, -0.15) is 0 Å². The first-order chi connectivity index (χ1) is 7.86. The molecule has 1 aromatic carbocycles. The van der Waals surface area contributed by atoms with E-state index in [1.165, 1.54) is 24.0 Å². The summed E-state index contributed by atoms with van der Waals surface area (Å²) in [5.74, 6) is 1.45. The van der Waals surface area contributed by atoms with Gasteiger partial charge in [0.25, 0.3) is 0 Å². The lowest BCUT2D eigenvalue weighted by atomic mass is 9.82. The molecule has 0 N–H and O–H groups in total. The van der Waals surface area contributed by atoms with Gasteiger partial charge in [0.2, 0.25) is 0 Å². The summed E-state index contributed by atoms with van der Waals surface area (Å²) in [6.07, 6.45) is 2.57. The normalized spacial score (nSPS) is 14.1. The molecule has 1 atom stereocenters. The molecule has 0 nitrogen and oxygen atoms in total. The van der Waals surface area contributed by atoms with Gasteiger partial charge >= 0.3 is 0 Å². The summed E-state index contributed by atoms with van der Waals surface area (Å²) in [7, 11) is 0. The Labute approximate surface area is 107 Å². The molecule has 0 radical (unpaired) electrons. The van der Waals surface area contributed by atoms with E-state index >= 15 is 0 Å². The fourth-order valence-corrected chi connectivity index (χ4v) is 2.43. The van der Waals surface area contributed by atoms with Crippen LogP contribution in [0.15, 0.2) is 24.3 Å². The van der Waals surface area contributed by atoms with Crippen LogP contribution in [0.2, 0.25) is 0 Å². The van der Waals surface area contributed by atoms with Crippen LogP contribution in [0.25, 0.3) is 0 Å². The van der Waals surface area contributed by atoms with Gasteiger partial charge in [-0.15, -0.1) is 0 Å². The molecule has 0 aromatic heterocycles. The van der Waals surface area contributed by atoms with E-state index < -0.39 is 0 Å². The molecule has 1 rings (SSSR count). The quantitative estimate of drug-likeness (QED) is 0.641. The van der Waals surface area contributed by atoms with Crippen molar-refractivity contribution in [1.29, 1.82) is 0 Å². The van der Waals surface area contributed by atoms with Crippen molar-refractivity contribution in [3.63, 3.8) is 0 Å². The third-order valence-electron chi connectivity index (χ3n) is 3.61. The molecule has 0 aliphatic heterocycles. The van der Waals surface area contributed by atoms with E-state index in [1.54, 1.807) is 0 Å². The SMILES string of the molecule is CCCC(c1ccc(C(C)(C)C)cc1)C(C)C. The summed E-state index contributed by atoms with van der Waals surface area (Å²) in [4.78, 5) is 0. The largest absolute Gasteiger partial charge is 0.0654 e. The van der Waals surface area contributed by atoms with Crippen LogP contribution in [0, 0.1) is 5.92 Å². The molecule has 0 amide bonds. The molecule has 1 aromatic rings. The van der Waals surface area contributed by atoms with Crippen molar-refractivity contribution in [2.45, 2.75) is 65.7 Å². The molecule has 0 heteroatoms. The minimum absolute atomic E-state index is 0.261. The van der Waals surface area contributed by atoms with Gasteiger partial charge in [0.1, 0.15) is 0 Å². The first-order valence-electron chi connectivity index (χ1n) is 6.96. The lowest BCUT2D eigenvalue weighted by Crippen LogP contribution is -2.12. The Morgan fingerprint density at radius 2 is 1.53 bits per heavy atom. The topological polar surface area (TPSA) is 0 Å². The maximum atomic E-state index is 2.33. The van der Waals surface area contributed by atoms with Crippen LogP contribution < -0.4 is 0 Å². The molecular formula is C17H28. The van der Waals surface area contributed by atoms with E-state index in [9.17, 15) is 0 Å². The number of rotatable bonds is 4. The average Bonchev–Trinajstić information content (AvgIpc) is 2.24. The van der Waals surface area contributed by atoms with E-state index in [1.807, 2.05) is 0 Å². The number of benzene rings is 1. The van der Waals surface area contributed by atoms with E-state index in [0.717, 1.165) is 5.92 Å². The van der Waals surface area contributed by atoms with Gasteiger partial charge in [-0.3, -0.25) is 0 Å². The second-order valence-electron chi connectivity index (χ2n) is 6.51. The van der Waals surface area contributed by atoms with Crippen molar-refractivity contribution in [3.8, 4) is 0 Å². The van der Waals surface area contributed by atoms with Crippen molar-refractivity contribution in [1.82, 2.24) is 0 Å². The molecule has 0 bridgehead atoms. The highest BCUT2D eigenvalue weighted by Gasteiger charge is 2.17. The third-order valence-corrected chi connectivity index (χ3v) is 3.61. The molecule has 0 saturated heterocycles. The Morgan fingerprint density at radius 1 is 1.00 bits per heavy atom. The highest BCUT2D eigenvalue weighted by molar-refractivity contribution is 5.29. The predicted octanol–water partition coefficient (Wildman–Crippen LogP) is 5.52. The smallest absolute Gasteiger partial charge is 0.0132 e. The summed E-state index contributed by atoms with van der Waals surface area (Å²) >= 11 is 0. The Hall–Kier alpha value is -0.780. The minimum Gasteiger partial charge on any atom is -0.0654 e. The fraction of sp³-hybridized carbons (Fsp3) is 0.647. The summed E-state index contributed by atoms with van der Waals surface area (Å²) < 4.78 is 0. The molecule has 0 heterocycles. The maximum absolute atomic E-state index is 2.33. The van der Waals surface area contributed by atoms with Crippen LogP contribution in [-0.4, -0.2) is 0 Å². The van der Waals surface area contributed by atoms with Crippen LogP contribution in [0.5, 0.6) is 0 Å². The molecule has 96 valence electrons. The van der Waals surface area contributed by atoms with Gasteiger partial charge in [-0.25, -0.2) is 0 Å². The van der Waals surface area contributed by atoms with Crippen LogP contribution in [0.1, 0.15) is 71.4 Å². The van der Waals surface area contributed by atoms with Crippen LogP contribution in [0.3, 0.4) is 0 Å². The van der Waals surface area contributed by atoms with Gasteiger partial charge in [-0.05, 0) is 34.8 Å². The van der Waals surface area contributed by atoms with Crippen molar-refractivity contribution >= 4 is 0 Å². The molecule has 0 aliphatic rings. The molecule has 17 heavy (non-hydrogen) atoms. The zero-order chi connectivity index (χ0) is 13.1. The van der Waals surface area contributed by atoms with E-state index in [0.29, 0.717) is 5.92 Å². The minimum atomic E-state index is 0.261. The predicted molar refractivity (Wildman–Crippen MR) is 77.6 cm³/mol. The lowest BCUT2D eigenvalue weighted by Gasteiger charge is -2.23. The Kier molecular flexibility index (Phi) is 4.80. The van der Waals surface area contributed by atoms with Gasteiger partial charge < -0.3 is 0 Å². The summed E-state index contributed by atoms with van der Waals surface area (Å²) in [6, 6.07) is 9.28. The van der Waals surface area contributed by atoms with Gasteiger partial charge in [0.15, 0.2) is 0 Å². The number of hydrogen-bond acceptors (Lipinski definition) is 0. The van der Waals surface area contributed by atoms with E-state index in [2.05, 4.69) is 65.8 Å². The van der Waals surface area contributed by atoms with Crippen molar-refractivity contribution < 1.29 is 0 Å². The Morgan fingerprint density at radius 3 is 1.88 bits per heavy atom. The second kappa shape index (κ2) is 5.71. The zero-order valence-corrected chi connectivity index (χ0v) is 12.4. The monoisotopic (exact) mass is 232 g/mol. The second-order valence-corrected chi connectivity index (χ2v) is 6.51. The van der Waals surface area contributed by atoms with E-state index in [4.69, 9.17) is 0 Å². The zero-order valence-electron chi connectivity index (χ0n) is 12.4. The van der Waals surface area contributed by atoms with Crippen LogP contribution >= 0.6 is 0 Å². The number of hydrogen-bond donors (Lipinski definition) is 0. The highest BCUT2D eigenvalue weighted by Crippen LogP contribution is 2.31. The summed E-state index contributed by atoms with van der Waals surface area (Å²) in [5, 5.41) is 0. The first kappa shape index (κ1) is 14.3. The molecule has 0 aliphatic carbocycles.